The molecule has 2 rings (SSSR count). The van der Waals surface area contributed by atoms with E-state index in [1.165, 1.54) is 0 Å². The summed E-state index contributed by atoms with van der Waals surface area (Å²) in [5, 5.41) is 7.81. The highest BCUT2D eigenvalue weighted by molar-refractivity contribution is 7.80. The molecule has 0 heterocycles. The van der Waals surface area contributed by atoms with E-state index < -0.39 is 0 Å². The molecule has 2 aromatic rings. The standard InChI is InChI=1S/C19H23N3O3S/c1-13(14-5-10-18(25-4)15(11-14)12-23-2)21-22-19(26)20-16-6-8-17(24-3)9-7-16/h5-11H,12H2,1-4H3,(H2,20,22,26)/b21-13-. The van der Waals surface area contributed by atoms with E-state index in [0.29, 0.717) is 11.7 Å². The summed E-state index contributed by atoms with van der Waals surface area (Å²) >= 11 is 5.27. The maximum absolute atomic E-state index is 5.34. The van der Waals surface area contributed by atoms with Crippen molar-refractivity contribution in [2.45, 2.75) is 13.5 Å². The third kappa shape index (κ3) is 5.44. The van der Waals surface area contributed by atoms with E-state index in [4.69, 9.17) is 26.4 Å². The topological polar surface area (TPSA) is 64.1 Å². The van der Waals surface area contributed by atoms with Crippen LogP contribution >= 0.6 is 12.2 Å². The van der Waals surface area contributed by atoms with Crippen LogP contribution in [0.25, 0.3) is 0 Å². The van der Waals surface area contributed by atoms with E-state index in [0.717, 1.165) is 34.0 Å². The quantitative estimate of drug-likeness (QED) is 0.440. The molecule has 0 fully saturated rings. The lowest BCUT2D eigenvalue weighted by molar-refractivity contribution is 0.181. The molecule has 7 heteroatoms. The number of rotatable bonds is 7. The average molecular weight is 373 g/mol. The Labute approximate surface area is 159 Å². The second kappa shape index (κ2) is 9.74. The summed E-state index contributed by atoms with van der Waals surface area (Å²) in [7, 11) is 4.92. The Morgan fingerprint density at radius 3 is 2.38 bits per heavy atom. The van der Waals surface area contributed by atoms with Crippen LogP contribution < -0.4 is 20.2 Å². The van der Waals surface area contributed by atoms with Gasteiger partial charge in [-0.25, -0.2) is 0 Å². The Bertz CT molecular complexity index is 776. The molecule has 6 nitrogen and oxygen atoms in total. The zero-order valence-corrected chi connectivity index (χ0v) is 16.1. The van der Waals surface area contributed by atoms with Gasteiger partial charge in [-0.2, -0.15) is 5.10 Å². The zero-order valence-electron chi connectivity index (χ0n) is 15.3. The van der Waals surface area contributed by atoms with Crippen LogP contribution in [0.1, 0.15) is 18.1 Å². The fraction of sp³-hybridized carbons (Fsp3) is 0.263. The van der Waals surface area contributed by atoms with Gasteiger partial charge in [0.05, 0.1) is 26.5 Å². The van der Waals surface area contributed by atoms with Crippen LogP contribution in [-0.2, 0) is 11.3 Å². The Hall–Kier alpha value is -2.64. The second-order valence-corrected chi connectivity index (χ2v) is 5.86. The Kier molecular flexibility index (Phi) is 7.37. The average Bonchev–Trinajstić information content (AvgIpc) is 2.67. The van der Waals surface area contributed by atoms with E-state index in [1.807, 2.05) is 49.4 Å². The van der Waals surface area contributed by atoms with Crippen molar-refractivity contribution in [2.75, 3.05) is 26.6 Å². The molecule has 2 N–H and O–H groups in total. The second-order valence-electron chi connectivity index (χ2n) is 5.45. The Balaban J connectivity index is 2.02. The van der Waals surface area contributed by atoms with Gasteiger partial charge in [0.2, 0.25) is 0 Å². The van der Waals surface area contributed by atoms with Crippen LogP contribution in [0, 0.1) is 0 Å². The summed E-state index contributed by atoms with van der Waals surface area (Å²) in [4.78, 5) is 0. The molecule has 0 aliphatic heterocycles. The predicted octanol–water partition coefficient (Wildman–Crippen LogP) is 3.56. The summed E-state index contributed by atoms with van der Waals surface area (Å²) in [5.41, 5.74) is 6.41. The summed E-state index contributed by atoms with van der Waals surface area (Å²) in [6.07, 6.45) is 0. The van der Waals surface area contributed by atoms with Gasteiger partial charge in [0.1, 0.15) is 11.5 Å². The van der Waals surface area contributed by atoms with Crippen molar-refractivity contribution >= 4 is 28.7 Å². The van der Waals surface area contributed by atoms with Gasteiger partial charge >= 0.3 is 0 Å². The van der Waals surface area contributed by atoms with Gasteiger partial charge in [-0.1, -0.05) is 0 Å². The number of methoxy groups -OCH3 is 3. The normalized spacial score (nSPS) is 11.0. The van der Waals surface area contributed by atoms with Crippen LogP contribution in [0.4, 0.5) is 5.69 Å². The highest BCUT2D eigenvalue weighted by Gasteiger charge is 2.06. The van der Waals surface area contributed by atoms with Crippen molar-refractivity contribution in [3.8, 4) is 11.5 Å². The molecule has 2 aromatic carbocycles. The lowest BCUT2D eigenvalue weighted by Crippen LogP contribution is -2.25. The van der Waals surface area contributed by atoms with E-state index in [9.17, 15) is 0 Å². The van der Waals surface area contributed by atoms with Crippen LogP contribution in [0.5, 0.6) is 11.5 Å². The maximum Gasteiger partial charge on any atom is 0.191 e. The van der Waals surface area contributed by atoms with Crippen LogP contribution in [0.2, 0.25) is 0 Å². The molecule has 0 spiro atoms. The monoisotopic (exact) mass is 373 g/mol. The molecule has 0 radical (unpaired) electrons. The zero-order chi connectivity index (χ0) is 18.9. The van der Waals surface area contributed by atoms with Gasteiger partial charge in [-0.15, -0.1) is 0 Å². The SMILES string of the molecule is COCc1cc(/C(C)=N\NC(=S)Nc2ccc(OC)cc2)ccc1OC. The fourth-order valence-electron chi connectivity index (χ4n) is 2.30. The predicted molar refractivity (Wildman–Crippen MR) is 108 cm³/mol. The van der Waals surface area contributed by atoms with Gasteiger partial charge in [-0.05, 0) is 67.2 Å². The molecule has 0 saturated carbocycles. The summed E-state index contributed by atoms with van der Waals surface area (Å²) in [6.45, 7) is 2.37. The lowest BCUT2D eigenvalue weighted by atomic mass is 10.1. The minimum absolute atomic E-state index is 0.403. The van der Waals surface area contributed by atoms with Crippen LogP contribution in [-0.4, -0.2) is 32.2 Å². The van der Waals surface area contributed by atoms with Crippen molar-refractivity contribution in [3.63, 3.8) is 0 Å². The minimum atomic E-state index is 0.403. The first-order valence-corrected chi connectivity index (χ1v) is 8.39. The first-order chi connectivity index (χ1) is 12.6. The number of ether oxygens (including phenoxy) is 3. The number of hydrogen-bond acceptors (Lipinski definition) is 5. The van der Waals surface area contributed by atoms with E-state index in [2.05, 4.69) is 15.8 Å². The van der Waals surface area contributed by atoms with Crippen molar-refractivity contribution in [2.24, 2.45) is 5.10 Å². The first-order valence-electron chi connectivity index (χ1n) is 7.99. The number of nitrogens with one attached hydrogen (secondary N) is 2. The molecular formula is C19H23N3O3S. The van der Waals surface area contributed by atoms with Gasteiger partial charge in [0.25, 0.3) is 0 Å². The minimum Gasteiger partial charge on any atom is -0.497 e. The van der Waals surface area contributed by atoms with Gasteiger partial charge in [0, 0.05) is 18.4 Å². The molecule has 0 amide bonds. The summed E-state index contributed by atoms with van der Waals surface area (Å²) in [6, 6.07) is 13.3. The molecule has 0 aliphatic carbocycles. The highest BCUT2D eigenvalue weighted by Crippen LogP contribution is 2.21. The molecule has 26 heavy (non-hydrogen) atoms. The van der Waals surface area contributed by atoms with E-state index in [1.54, 1.807) is 21.3 Å². The summed E-state index contributed by atoms with van der Waals surface area (Å²) < 4.78 is 15.7. The van der Waals surface area contributed by atoms with Crippen molar-refractivity contribution in [1.82, 2.24) is 5.43 Å². The van der Waals surface area contributed by atoms with Gasteiger partial charge < -0.3 is 19.5 Å². The van der Waals surface area contributed by atoms with Gasteiger partial charge in [0.15, 0.2) is 5.11 Å². The first kappa shape index (κ1) is 19.7. The molecule has 0 saturated heterocycles. The van der Waals surface area contributed by atoms with Crippen LogP contribution in [0.15, 0.2) is 47.6 Å². The van der Waals surface area contributed by atoms with Crippen molar-refractivity contribution in [3.05, 3.63) is 53.6 Å². The molecular weight excluding hydrogens is 350 g/mol. The molecule has 0 aliphatic rings. The fourth-order valence-corrected chi connectivity index (χ4v) is 2.47. The molecule has 138 valence electrons. The molecule has 0 unspecified atom stereocenters. The summed E-state index contributed by atoms with van der Waals surface area (Å²) in [5.74, 6) is 1.57. The van der Waals surface area contributed by atoms with Crippen molar-refractivity contribution in [1.29, 1.82) is 0 Å². The van der Waals surface area contributed by atoms with Crippen molar-refractivity contribution < 1.29 is 14.2 Å². The highest BCUT2D eigenvalue weighted by atomic mass is 32.1. The number of anilines is 1. The molecule has 0 aromatic heterocycles. The Morgan fingerprint density at radius 1 is 1.04 bits per heavy atom. The third-order valence-electron chi connectivity index (χ3n) is 3.67. The largest absolute Gasteiger partial charge is 0.497 e. The smallest absolute Gasteiger partial charge is 0.191 e. The number of hydrazone groups is 1. The molecule has 0 atom stereocenters. The molecule has 0 bridgehead atoms. The Morgan fingerprint density at radius 2 is 1.77 bits per heavy atom. The number of benzene rings is 2. The maximum atomic E-state index is 5.34. The van der Waals surface area contributed by atoms with Crippen LogP contribution in [0.3, 0.4) is 0 Å². The van der Waals surface area contributed by atoms with E-state index in [-0.39, 0.29) is 0 Å². The lowest BCUT2D eigenvalue weighted by Gasteiger charge is -2.11. The van der Waals surface area contributed by atoms with Gasteiger partial charge in [-0.3, -0.25) is 5.43 Å². The van der Waals surface area contributed by atoms with E-state index >= 15 is 0 Å². The number of hydrogen-bond donors (Lipinski definition) is 2. The number of thiocarbonyl (C=S) groups is 1. The number of nitrogens with zero attached hydrogens (tertiary/aromatic N) is 1. The third-order valence-corrected chi connectivity index (χ3v) is 3.86.